The SMILES string of the molecule is CC(C)(C)OC(=O)N1CCC(n2ncc3c(Oc4ccccc4F)ncnc32)CC1. The highest BCUT2D eigenvalue weighted by molar-refractivity contribution is 5.80. The number of likely N-dealkylation sites (tertiary alicyclic amines) is 1. The highest BCUT2D eigenvalue weighted by Gasteiger charge is 2.29. The number of aromatic nitrogens is 4. The number of rotatable bonds is 3. The van der Waals surface area contributed by atoms with Gasteiger partial charge in [-0.1, -0.05) is 12.1 Å². The summed E-state index contributed by atoms with van der Waals surface area (Å²) in [6, 6.07) is 6.24. The molecule has 1 fully saturated rings. The van der Waals surface area contributed by atoms with Crippen molar-refractivity contribution in [2.75, 3.05) is 13.1 Å². The molecular formula is C21H24FN5O3. The van der Waals surface area contributed by atoms with E-state index in [0.717, 1.165) is 12.8 Å². The fourth-order valence-corrected chi connectivity index (χ4v) is 3.44. The fraction of sp³-hybridized carbons (Fsp3) is 0.429. The van der Waals surface area contributed by atoms with E-state index in [1.165, 1.54) is 12.4 Å². The molecule has 0 atom stereocenters. The van der Waals surface area contributed by atoms with Crippen molar-refractivity contribution in [3.05, 3.63) is 42.6 Å². The molecule has 30 heavy (non-hydrogen) atoms. The van der Waals surface area contributed by atoms with Gasteiger partial charge in [-0.05, 0) is 45.7 Å². The van der Waals surface area contributed by atoms with Gasteiger partial charge in [0.15, 0.2) is 17.2 Å². The summed E-state index contributed by atoms with van der Waals surface area (Å²) in [6.45, 7) is 6.71. The van der Waals surface area contributed by atoms with Gasteiger partial charge in [0.2, 0.25) is 5.88 Å². The van der Waals surface area contributed by atoms with Crippen molar-refractivity contribution < 1.29 is 18.7 Å². The largest absolute Gasteiger partial charge is 0.444 e. The summed E-state index contributed by atoms with van der Waals surface area (Å²) in [4.78, 5) is 22.5. The summed E-state index contributed by atoms with van der Waals surface area (Å²) in [6.07, 6.45) is 4.17. The third-order valence-electron chi connectivity index (χ3n) is 4.86. The van der Waals surface area contributed by atoms with Crippen LogP contribution in [0.4, 0.5) is 9.18 Å². The van der Waals surface area contributed by atoms with Gasteiger partial charge in [-0.15, -0.1) is 0 Å². The molecular weight excluding hydrogens is 389 g/mol. The molecule has 1 saturated heterocycles. The van der Waals surface area contributed by atoms with E-state index in [0.29, 0.717) is 24.1 Å². The van der Waals surface area contributed by atoms with E-state index < -0.39 is 11.4 Å². The van der Waals surface area contributed by atoms with Crippen molar-refractivity contribution in [1.29, 1.82) is 0 Å². The summed E-state index contributed by atoms with van der Waals surface area (Å²) in [5.74, 6) is -0.121. The Hall–Kier alpha value is -3.23. The summed E-state index contributed by atoms with van der Waals surface area (Å²) in [5.41, 5.74) is 0.101. The molecule has 3 aromatic rings. The van der Waals surface area contributed by atoms with Crippen LogP contribution in [-0.2, 0) is 4.74 Å². The Morgan fingerprint density at radius 2 is 1.90 bits per heavy atom. The number of para-hydroxylation sites is 1. The Balaban J connectivity index is 1.50. The smallest absolute Gasteiger partial charge is 0.410 e. The predicted molar refractivity (Wildman–Crippen MR) is 108 cm³/mol. The normalized spacial score (nSPS) is 15.4. The van der Waals surface area contributed by atoms with Gasteiger partial charge in [0.1, 0.15) is 17.3 Å². The number of halogens is 1. The van der Waals surface area contributed by atoms with Gasteiger partial charge in [-0.3, -0.25) is 0 Å². The van der Waals surface area contributed by atoms with Gasteiger partial charge in [0, 0.05) is 13.1 Å². The van der Waals surface area contributed by atoms with Crippen molar-refractivity contribution in [1.82, 2.24) is 24.6 Å². The molecule has 3 heterocycles. The molecule has 4 rings (SSSR count). The monoisotopic (exact) mass is 413 g/mol. The van der Waals surface area contributed by atoms with Crippen LogP contribution in [0.1, 0.15) is 39.7 Å². The van der Waals surface area contributed by atoms with Crippen molar-refractivity contribution in [2.45, 2.75) is 45.3 Å². The molecule has 0 saturated carbocycles. The molecule has 1 aromatic carbocycles. The minimum absolute atomic E-state index is 0.0809. The standard InChI is InChI=1S/C21H24FN5O3/c1-21(2,3)30-20(28)26-10-8-14(9-11-26)27-18-15(12-25-27)19(24-13-23-18)29-17-7-5-4-6-16(17)22/h4-7,12-14H,8-11H2,1-3H3. The summed E-state index contributed by atoms with van der Waals surface area (Å²) in [7, 11) is 0. The molecule has 0 aliphatic carbocycles. The lowest BCUT2D eigenvalue weighted by molar-refractivity contribution is 0.0186. The molecule has 158 valence electrons. The zero-order chi connectivity index (χ0) is 21.3. The number of hydrogen-bond donors (Lipinski definition) is 0. The summed E-state index contributed by atoms with van der Waals surface area (Å²) in [5, 5.41) is 5.09. The number of amides is 1. The number of ether oxygens (including phenoxy) is 2. The van der Waals surface area contributed by atoms with E-state index in [2.05, 4.69) is 15.1 Å². The van der Waals surface area contributed by atoms with Crippen molar-refractivity contribution in [2.24, 2.45) is 0 Å². The minimum Gasteiger partial charge on any atom is -0.444 e. The van der Waals surface area contributed by atoms with Crippen LogP contribution in [0.3, 0.4) is 0 Å². The highest BCUT2D eigenvalue weighted by atomic mass is 19.1. The lowest BCUT2D eigenvalue weighted by Crippen LogP contribution is -2.42. The number of nitrogens with zero attached hydrogens (tertiary/aromatic N) is 5. The zero-order valence-corrected chi connectivity index (χ0v) is 17.2. The molecule has 1 amide bonds. The quantitative estimate of drug-likeness (QED) is 0.636. The van der Waals surface area contributed by atoms with E-state index >= 15 is 0 Å². The second kappa shape index (κ2) is 7.89. The van der Waals surface area contributed by atoms with Gasteiger partial charge >= 0.3 is 6.09 Å². The van der Waals surface area contributed by atoms with Gasteiger partial charge < -0.3 is 14.4 Å². The topological polar surface area (TPSA) is 82.4 Å². The second-order valence-electron chi connectivity index (χ2n) is 8.24. The average Bonchev–Trinajstić information content (AvgIpc) is 3.14. The van der Waals surface area contributed by atoms with E-state index in [4.69, 9.17) is 9.47 Å². The van der Waals surface area contributed by atoms with E-state index in [9.17, 15) is 9.18 Å². The number of hydrogen-bond acceptors (Lipinski definition) is 6. The highest BCUT2D eigenvalue weighted by Crippen LogP contribution is 2.31. The molecule has 8 nitrogen and oxygen atoms in total. The first-order valence-corrected chi connectivity index (χ1v) is 9.90. The first-order valence-electron chi connectivity index (χ1n) is 9.90. The van der Waals surface area contributed by atoms with E-state index in [1.54, 1.807) is 29.3 Å². The lowest BCUT2D eigenvalue weighted by Gasteiger charge is -2.33. The molecule has 0 unspecified atom stereocenters. The minimum atomic E-state index is -0.516. The van der Waals surface area contributed by atoms with E-state index in [-0.39, 0.29) is 23.8 Å². The van der Waals surface area contributed by atoms with Crippen LogP contribution in [0.15, 0.2) is 36.8 Å². The van der Waals surface area contributed by atoms with Crippen LogP contribution in [0.25, 0.3) is 11.0 Å². The average molecular weight is 413 g/mol. The van der Waals surface area contributed by atoms with Gasteiger partial charge in [0.05, 0.1) is 12.2 Å². The Morgan fingerprint density at radius 3 is 2.60 bits per heavy atom. The first-order chi connectivity index (χ1) is 14.3. The zero-order valence-electron chi connectivity index (χ0n) is 17.2. The first kappa shape index (κ1) is 20.1. The maximum Gasteiger partial charge on any atom is 0.410 e. The molecule has 0 radical (unpaired) electrons. The number of piperidine rings is 1. The lowest BCUT2D eigenvalue weighted by atomic mass is 10.1. The summed E-state index contributed by atoms with van der Waals surface area (Å²) >= 11 is 0. The Morgan fingerprint density at radius 1 is 1.17 bits per heavy atom. The predicted octanol–water partition coefficient (Wildman–Crippen LogP) is 4.33. The second-order valence-corrected chi connectivity index (χ2v) is 8.24. The van der Waals surface area contributed by atoms with Crippen molar-refractivity contribution in [3.8, 4) is 11.6 Å². The number of fused-ring (bicyclic) bond motifs is 1. The van der Waals surface area contributed by atoms with Crippen LogP contribution in [0.2, 0.25) is 0 Å². The van der Waals surface area contributed by atoms with Crippen LogP contribution in [0, 0.1) is 5.82 Å². The Labute approximate surface area is 173 Å². The van der Waals surface area contributed by atoms with E-state index in [1.807, 2.05) is 25.5 Å². The van der Waals surface area contributed by atoms with Crippen molar-refractivity contribution in [3.63, 3.8) is 0 Å². The molecule has 0 spiro atoms. The molecule has 0 N–H and O–H groups in total. The number of carbonyl (C=O) groups is 1. The molecule has 1 aliphatic heterocycles. The Bertz CT molecular complexity index is 1050. The van der Waals surface area contributed by atoms with Crippen LogP contribution >= 0.6 is 0 Å². The van der Waals surface area contributed by atoms with Crippen LogP contribution < -0.4 is 4.74 Å². The summed E-state index contributed by atoms with van der Waals surface area (Å²) < 4.78 is 26.9. The molecule has 9 heteroatoms. The third kappa shape index (κ3) is 4.19. The molecule has 1 aliphatic rings. The maximum atomic E-state index is 13.9. The van der Waals surface area contributed by atoms with Crippen LogP contribution in [0.5, 0.6) is 11.6 Å². The van der Waals surface area contributed by atoms with Gasteiger partial charge in [-0.25, -0.2) is 23.8 Å². The maximum absolute atomic E-state index is 13.9. The number of benzene rings is 1. The molecule has 0 bridgehead atoms. The third-order valence-corrected chi connectivity index (χ3v) is 4.86. The Kier molecular flexibility index (Phi) is 5.27. The van der Waals surface area contributed by atoms with Gasteiger partial charge in [0.25, 0.3) is 0 Å². The van der Waals surface area contributed by atoms with Gasteiger partial charge in [-0.2, -0.15) is 5.10 Å². The molecule has 2 aromatic heterocycles. The van der Waals surface area contributed by atoms with Crippen molar-refractivity contribution >= 4 is 17.1 Å². The fourth-order valence-electron chi connectivity index (χ4n) is 3.44. The number of carbonyl (C=O) groups excluding carboxylic acids is 1. The van der Waals surface area contributed by atoms with Crippen LogP contribution in [-0.4, -0.2) is 49.4 Å².